The maximum absolute atomic E-state index is 5.12. The molecule has 0 saturated carbocycles. The SMILES string of the molecule is COC(CNC1CCN(C)CC1)OC. The molecule has 4 heteroatoms. The monoisotopic (exact) mass is 202 g/mol. The van der Waals surface area contributed by atoms with Crippen molar-refractivity contribution in [2.24, 2.45) is 0 Å². The van der Waals surface area contributed by atoms with Gasteiger partial charge in [0.25, 0.3) is 0 Å². The van der Waals surface area contributed by atoms with Crippen molar-refractivity contribution in [3.05, 3.63) is 0 Å². The summed E-state index contributed by atoms with van der Waals surface area (Å²) in [5, 5.41) is 3.47. The molecular formula is C10H22N2O2. The van der Waals surface area contributed by atoms with E-state index in [0.29, 0.717) is 6.04 Å². The van der Waals surface area contributed by atoms with E-state index >= 15 is 0 Å². The van der Waals surface area contributed by atoms with Crippen LogP contribution in [0.1, 0.15) is 12.8 Å². The van der Waals surface area contributed by atoms with Crippen LogP contribution in [0.15, 0.2) is 0 Å². The Balaban J connectivity index is 2.12. The van der Waals surface area contributed by atoms with E-state index in [9.17, 15) is 0 Å². The first-order chi connectivity index (χ1) is 6.76. The number of methoxy groups -OCH3 is 2. The summed E-state index contributed by atoms with van der Waals surface area (Å²) in [6, 6.07) is 0.624. The van der Waals surface area contributed by atoms with Gasteiger partial charge in [-0.3, -0.25) is 0 Å². The summed E-state index contributed by atoms with van der Waals surface area (Å²) in [6.07, 6.45) is 2.32. The highest BCUT2D eigenvalue weighted by atomic mass is 16.7. The Morgan fingerprint density at radius 1 is 1.29 bits per heavy atom. The number of hydrogen-bond donors (Lipinski definition) is 1. The summed E-state index contributed by atoms with van der Waals surface area (Å²) in [6.45, 7) is 3.14. The van der Waals surface area contributed by atoms with Gasteiger partial charge < -0.3 is 19.7 Å². The third kappa shape index (κ3) is 3.92. The predicted molar refractivity (Wildman–Crippen MR) is 56.3 cm³/mol. The topological polar surface area (TPSA) is 33.7 Å². The average molecular weight is 202 g/mol. The molecule has 14 heavy (non-hydrogen) atoms. The first-order valence-corrected chi connectivity index (χ1v) is 5.23. The minimum Gasteiger partial charge on any atom is -0.355 e. The molecule has 1 aliphatic heterocycles. The Kier molecular flexibility index (Phi) is 5.40. The van der Waals surface area contributed by atoms with Gasteiger partial charge >= 0.3 is 0 Å². The Hall–Kier alpha value is -0.160. The van der Waals surface area contributed by atoms with Crippen molar-refractivity contribution in [1.29, 1.82) is 0 Å². The predicted octanol–water partition coefficient (Wildman–Crippen LogP) is 0.289. The van der Waals surface area contributed by atoms with E-state index in [1.165, 1.54) is 25.9 Å². The number of likely N-dealkylation sites (tertiary alicyclic amines) is 1. The van der Waals surface area contributed by atoms with E-state index in [1.807, 2.05) is 0 Å². The molecule has 0 spiro atoms. The van der Waals surface area contributed by atoms with Gasteiger partial charge in [-0.1, -0.05) is 0 Å². The molecule has 1 heterocycles. The van der Waals surface area contributed by atoms with Crippen LogP contribution in [0.5, 0.6) is 0 Å². The van der Waals surface area contributed by atoms with E-state index in [1.54, 1.807) is 14.2 Å². The summed E-state index contributed by atoms with van der Waals surface area (Å²) in [4.78, 5) is 2.36. The lowest BCUT2D eigenvalue weighted by Crippen LogP contribution is -2.44. The van der Waals surface area contributed by atoms with Gasteiger partial charge in [-0.15, -0.1) is 0 Å². The van der Waals surface area contributed by atoms with Gasteiger partial charge in [0.15, 0.2) is 6.29 Å². The third-order valence-electron chi connectivity index (χ3n) is 2.82. The molecule has 1 aliphatic rings. The van der Waals surface area contributed by atoms with Gasteiger partial charge in [0, 0.05) is 26.8 Å². The van der Waals surface area contributed by atoms with Crippen molar-refractivity contribution in [1.82, 2.24) is 10.2 Å². The van der Waals surface area contributed by atoms with Crippen molar-refractivity contribution >= 4 is 0 Å². The summed E-state index contributed by atoms with van der Waals surface area (Å²) in [5.41, 5.74) is 0. The quantitative estimate of drug-likeness (QED) is 0.650. The fourth-order valence-electron chi connectivity index (χ4n) is 1.74. The van der Waals surface area contributed by atoms with Crippen LogP contribution in [0.2, 0.25) is 0 Å². The van der Waals surface area contributed by atoms with Crippen LogP contribution in [0.3, 0.4) is 0 Å². The molecule has 1 saturated heterocycles. The van der Waals surface area contributed by atoms with Gasteiger partial charge in [-0.25, -0.2) is 0 Å². The Morgan fingerprint density at radius 2 is 1.86 bits per heavy atom. The summed E-state index contributed by atoms with van der Waals surface area (Å²) in [7, 11) is 5.51. The minimum absolute atomic E-state index is 0.116. The Labute approximate surface area is 86.6 Å². The van der Waals surface area contributed by atoms with Crippen molar-refractivity contribution in [2.45, 2.75) is 25.2 Å². The molecule has 0 aromatic carbocycles. The number of ether oxygens (including phenoxy) is 2. The molecule has 1 fully saturated rings. The van der Waals surface area contributed by atoms with Gasteiger partial charge in [-0.05, 0) is 33.0 Å². The molecular weight excluding hydrogens is 180 g/mol. The van der Waals surface area contributed by atoms with Gasteiger partial charge in [0.05, 0.1) is 0 Å². The molecule has 0 radical (unpaired) electrons. The van der Waals surface area contributed by atoms with Crippen molar-refractivity contribution in [3.8, 4) is 0 Å². The standard InChI is InChI=1S/C10H22N2O2/c1-12-6-4-9(5-7-12)11-8-10(13-2)14-3/h9-11H,4-8H2,1-3H3. The molecule has 1 N–H and O–H groups in total. The zero-order valence-corrected chi connectivity index (χ0v) is 9.45. The van der Waals surface area contributed by atoms with Crippen LogP contribution in [0.25, 0.3) is 0 Å². The highest BCUT2D eigenvalue weighted by Crippen LogP contribution is 2.08. The first kappa shape index (κ1) is 11.9. The van der Waals surface area contributed by atoms with Gasteiger partial charge in [0.1, 0.15) is 0 Å². The van der Waals surface area contributed by atoms with Crippen molar-refractivity contribution in [3.63, 3.8) is 0 Å². The van der Waals surface area contributed by atoms with Crippen LogP contribution in [-0.4, -0.2) is 58.1 Å². The maximum Gasteiger partial charge on any atom is 0.169 e. The second-order valence-electron chi connectivity index (χ2n) is 3.89. The minimum atomic E-state index is -0.116. The summed E-state index contributed by atoms with van der Waals surface area (Å²) < 4.78 is 10.2. The van der Waals surface area contributed by atoms with Crippen molar-refractivity contribution in [2.75, 3.05) is 40.9 Å². The molecule has 84 valence electrons. The fraction of sp³-hybridized carbons (Fsp3) is 1.00. The molecule has 0 atom stereocenters. The van der Waals surface area contributed by atoms with Crippen LogP contribution in [0, 0.1) is 0 Å². The fourth-order valence-corrected chi connectivity index (χ4v) is 1.74. The molecule has 0 aromatic heterocycles. The number of rotatable bonds is 5. The first-order valence-electron chi connectivity index (χ1n) is 5.23. The zero-order valence-electron chi connectivity index (χ0n) is 9.45. The smallest absolute Gasteiger partial charge is 0.169 e. The van der Waals surface area contributed by atoms with Gasteiger partial charge in [0.2, 0.25) is 0 Å². The highest BCUT2D eigenvalue weighted by molar-refractivity contribution is 4.75. The molecule has 0 amide bonds. The van der Waals surface area contributed by atoms with Gasteiger partial charge in [-0.2, -0.15) is 0 Å². The molecule has 0 unspecified atom stereocenters. The van der Waals surface area contributed by atoms with Crippen LogP contribution >= 0.6 is 0 Å². The van der Waals surface area contributed by atoms with E-state index in [-0.39, 0.29) is 6.29 Å². The molecule has 4 nitrogen and oxygen atoms in total. The Bertz CT molecular complexity index is 143. The molecule has 1 rings (SSSR count). The maximum atomic E-state index is 5.12. The van der Waals surface area contributed by atoms with E-state index in [4.69, 9.17) is 9.47 Å². The third-order valence-corrected chi connectivity index (χ3v) is 2.82. The Morgan fingerprint density at radius 3 is 2.36 bits per heavy atom. The highest BCUT2D eigenvalue weighted by Gasteiger charge is 2.17. The van der Waals surface area contributed by atoms with E-state index in [2.05, 4.69) is 17.3 Å². The second kappa shape index (κ2) is 6.35. The van der Waals surface area contributed by atoms with E-state index < -0.39 is 0 Å². The lowest BCUT2D eigenvalue weighted by Gasteiger charge is -2.30. The average Bonchev–Trinajstić information content (AvgIpc) is 2.22. The number of hydrogen-bond acceptors (Lipinski definition) is 4. The molecule has 0 aliphatic carbocycles. The van der Waals surface area contributed by atoms with Crippen LogP contribution in [0.4, 0.5) is 0 Å². The summed E-state index contributed by atoms with van der Waals surface area (Å²) >= 11 is 0. The normalized spacial score (nSPS) is 20.6. The molecule has 0 bridgehead atoms. The zero-order chi connectivity index (χ0) is 10.4. The van der Waals surface area contributed by atoms with Crippen LogP contribution in [-0.2, 0) is 9.47 Å². The lowest BCUT2D eigenvalue weighted by atomic mass is 10.1. The number of piperidine rings is 1. The molecule has 0 aromatic rings. The summed E-state index contributed by atoms with van der Waals surface area (Å²) in [5.74, 6) is 0. The number of nitrogens with one attached hydrogen (secondary N) is 1. The van der Waals surface area contributed by atoms with Crippen molar-refractivity contribution < 1.29 is 9.47 Å². The van der Waals surface area contributed by atoms with Crippen LogP contribution < -0.4 is 5.32 Å². The largest absolute Gasteiger partial charge is 0.355 e. The lowest BCUT2D eigenvalue weighted by molar-refractivity contribution is -0.100. The second-order valence-corrected chi connectivity index (χ2v) is 3.89. The number of nitrogens with zero attached hydrogens (tertiary/aromatic N) is 1. The van der Waals surface area contributed by atoms with E-state index in [0.717, 1.165) is 6.54 Å².